The molecular formula is C10H11O2. The lowest BCUT2D eigenvalue weighted by Gasteiger charge is -2.05. The molecule has 0 aliphatic rings. The largest absolute Gasteiger partial charge is 0.493 e. The third-order valence-corrected chi connectivity index (χ3v) is 1.56. The van der Waals surface area contributed by atoms with Gasteiger partial charge in [0.1, 0.15) is 5.75 Å². The molecule has 0 aromatic heterocycles. The smallest absolute Gasteiger partial charge is 0.201 e. The fraction of sp³-hybridized carbons (Fsp3) is 0.300. The first-order chi connectivity index (χ1) is 5.84. The summed E-state index contributed by atoms with van der Waals surface area (Å²) in [5, 5.41) is 0. The second kappa shape index (κ2) is 4.54. The van der Waals surface area contributed by atoms with E-state index < -0.39 is 0 Å². The van der Waals surface area contributed by atoms with Crippen molar-refractivity contribution in [2.75, 3.05) is 6.61 Å². The Morgan fingerprint density at radius 2 is 2.17 bits per heavy atom. The molecule has 0 saturated heterocycles. The van der Waals surface area contributed by atoms with Gasteiger partial charge in [-0.1, -0.05) is 18.2 Å². The molecule has 2 nitrogen and oxygen atoms in total. The van der Waals surface area contributed by atoms with E-state index in [-0.39, 0.29) is 0 Å². The first-order valence-corrected chi connectivity index (χ1v) is 3.88. The molecule has 0 atom stereocenters. The van der Waals surface area contributed by atoms with E-state index in [9.17, 15) is 4.79 Å². The molecule has 0 saturated carbocycles. The molecule has 1 aromatic rings. The van der Waals surface area contributed by atoms with Gasteiger partial charge in [0.05, 0.1) is 6.61 Å². The highest BCUT2D eigenvalue weighted by molar-refractivity contribution is 5.50. The van der Waals surface area contributed by atoms with Crippen LogP contribution in [0.3, 0.4) is 0 Å². The summed E-state index contributed by atoms with van der Waals surface area (Å²) in [6.07, 6.45) is 2.11. The summed E-state index contributed by atoms with van der Waals surface area (Å²) < 4.78 is 5.31. The van der Waals surface area contributed by atoms with Gasteiger partial charge in [0, 0.05) is 6.42 Å². The molecule has 63 valence electrons. The number of para-hydroxylation sites is 1. The molecule has 0 amide bonds. The lowest BCUT2D eigenvalue weighted by Crippen LogP contribution is -1.98. The summed E-state index contributed by atoms with van der Waals surface area (Å²) in [4.78, 5) is 9.87. The van der Waals surface area contributed by atoms with Crippen molar-refractivity contribution in [2.24, 2.45) is 0 Å². The Labute approximate surface area is 72.2 Å². The van der Waals surface area contributed by atoms with Crippen molar-refractivity contribution in [2.45, 2.75) is 13.3 Å². The second-order valence-corrected chi connectivity index (χ2v) is 2.51. The number of aryl methyl sites for hydroxylation is 1. The van der Waals surface area contributed by atoms with Crippen molar-refractivity contribution in [3.8, 4) is 5.75 Å². The van der Waals surface area contributed by atoms with Crippen molar-refractivity contribution in [3.05, 3.63) is 29.8 Å². The summed E-state index contributed by atoms with van der Waals surface area (Å²) in [5.74, 6) is 0.841. The fourth-order valence-corrected chi connectivity index (χ4v) is 0.921. The molecule has 0 unspecified atom stereocenters. The maximum Gasteiger partial charge on any atom is 0.201 e. The zero-order valence-electron chi connectivity index (χ0n) is 7.04. The van der Waals surface area contributed by atoms with E-state index in [4.69, 9.17) is 4.74 Å². The van der Waals surface area contributed by atoms with Crippen LogP contribution in [0.4, 0.5) is 0 Å². The van der Waals surface area contributed by atoms with Gasteiger partial charge in [-0.05, 0) is 18.6 Å². The van der Waals surface area contributed by atoms with Crippen LogP contribution in [0.5, 0.6) is 5.75 Å². The summed E-state index contributed by atoms with van der Waals surface area (Å²) in [7, 11) is 0. The predicted molar refractivity (Wildman–Crippen MR) is 47.0 cm³/mol. The summed E-state index contributed by atoms with van der Waals surface area (Å²) in [5.41, 5.74) is 1.09. The molecule has 2 heteroatoms. The van der Waals surface area contributed by atoms with Crippen LogP contribution in [-0.4, -0.2) is 12.9 Å². The van der Waals surface area contributed by atoms with Crippen LogP contribution in [0.2, 0.25) is 0 Å². The zero-order valence-corrected chi connectivity index (χ0v) is 7.04. The van der Waals surface area contributed by atoms with Gasteiger partial charge in [-0.25, -0.2) is 0 Å². The fourth-order valence-electron chi connectivity index (χ4n) is 0.921. The Hall–Kier alpha value is -1.31. The van der Waals surface area contributed by atoms with E-state index in [1.807, 2.05) is 31.2 Å². The number of carbonyl (C=O) groups excluding carboxylic acids is 1. The van der Waals surface area contributed by atoms with Gasteiger partial charge in [0.2, 0.25) is 6.29 Å². The van der Waals surface area contributed by atoms with Gasteiger partial charge in [-0.3, -0.25) is 4.79 Å². The van der Waals surface area contributed by atoms with Crippen molar-refractivity contribution in [3.63, 3.8) is 0 Å². The molecule has 1 radical (unpaired) electrons. The summed E-state index contributed by atoms with van der Waals surface area (Å²) in [6, 6.07) is 7.72. The van der Waals surface area contributed by atoms with Gasteiger partial charge < -0.3 is 4.74 Å². The van der Waals surface area contributed by atoms with Crippen LogP contribution >= 0.6 is 0 Å². The summed E-state index contributed by atoms with van der Waals surface area (Å²) in [6.45, 7) is 2.38. The maximum atomic E-state index is 9.87. The molecule has 0 spiro atoms. The first kappa shape index (κ1) is 8.78. The quantitative estimate of drug-likeness (QED) is 0.633. The third kappa shape index (κ3) is 2.38. The van der Waals surface area contributed by atoms with Crippen LogP contribution < -0.4 is 4.74 Å². The minimum absolute atomic E-state index is 0.328. The van der Waals surface area contributed by atoms with Crippen LogP contribution in [-0.2, 0) is 4.79 Å². The van der Waals surface area contributed by atoms with E-state index in [0.717, 1.165) is 11.3 Å². The number of benzene rings is 1. The monoisotopic (exact) mass is 163 g/mol. The molecule has 0 fully saturated rings. The Morgan fingerprint density at radius 3 is 2.83 bits per heavy atom. The van der Waals surface area contributed by atoms with E-state index >= 15 is 0 Å². The van der Waals surface area contributed by atoms with Crippen LogP contribution in [0.1, 0.15) is 12.0 Å². The third-order valence-electron chi connectivity index (χ3n) is 1.56. The minimum atomic E-state index is 0.328. The van der Waals surface area contributed by atoms with Gasteiger partial charge >= 0.3 is 0 Å². The Morgan fingerprint density at radius 1 is 1.42 bits per heavy atom. The van der Waals surface area contributed by atoms with Crippen molar-refractivity contribution >= 4 is 6.29 Å². The van der Waals surface area contributed by atoms with Crippen LogP contribution in [0, 0.1) is 6.92 Å². The number of rotatable bonds is 4. The van der Waals surface area contributed by atoms with Crippen LogP contribution in [0.15, 0.2) is 24.3 Å². The highest BCUT2D eigenvalue weighted by Crippen LogP contribution is 2.15. The van der Waals surface area contributed by atoms with E-state index in [2.05, 4.69) is 0 Å². The topological polar surface area (TPSA) is 26.3 Å². The number of hydrogen-bond donors (Lipinski definition) is 0. The molecule has 12 heavy (non-hydrogen) atoms. The zero-order chi connectivity index (χ0) is 8.81. The molecule has 0 bridgehead atoms. The van der Waals surface area contributed by atoms with E-state index in [0.29, 0.717) is 13.0 Å². The van der Waals surface area contributed by atoms with Gasteiger partial charge in [-0.15, -0.1) is 0 Å². The molecule has 1 rings (SSSR count). The molecule has 0 N–H and O–H groups in total. The molecule has 1 aromatic carbocycles. The first-order valence-electron chi connectivity index (χ1n) is 3.88. The Kier molecular flexibility index (Phi) is 3.33. The molecule has 0 aliphatic carbocycles. The highest BCUT2D eigenvalue weighted by atomic mass is 16.5. The Balaban J connectivity index is 2.51. The van der Waals surface area contributed by atoms with Crippen molar-refractivity contribution in [1.82, 2.24) is 0 Å². The molecule has 0 aliphatic heterocycles. The van der Waals surface area contributed by atoms with Crippen molar-refractivity contribution < 1.29 is 9.53 Å². The average molecular weight is 163 g/mol. The molecule has 0 heterocycles. The number of hydrogen-bond acceptors (Lipinski definition) is 2. The lowest BCUT2D eigenvalue weighted by molar-refractivity contribution is 0.324. The second-order valence-electron chi connectivity index (χ2n) is 2.51. The van der Waals surface area contributed by atoms with Crippen LogP contribution in [0.25, 0.3) is 0 Å². The van der Waals surface area contributed by atoms with E-state index in [1.54, 1.807) is 6.29 Å². The summed E-state index contributed by atoms with van der Waals surface area (Å²) >= 11 is 0. The van der Waals surface area contributed by atoms with Crippen molar-refractivity contribution in [1.29, 1.82) is 0 Å². The van der Waals surface area contributed by atoms with Gasteiger partial charge in [-0.2, -0.15) is 0 Å². The van der Waals surface area contributed by atoms with E-state index in [1.165, 1.54) is 0 Å². The SMILES string of the molecule is Cc1ccccc1OCC[C]=O. The normalized spacial score (nSPS) is 9.42. The van der Waals surface area contributed by atoms with Gasteiger partial charge in [0.25, 0.3) is 0 Å². The maximum absolute atomic E-state index is 9.87. The van der Waals surface area contributed by atoms with Gasteiger partial charge in [0.15, 0.2) is 0 Å². The average Bonchev–Trinajstić information content (AvgIpc) is 2.09. The minimum Gasteiger partial charge on any atom is -0.493 e. The highest BCUT2D eigenvalue weighted by Gasteiger charge is 1.95. The standard InChI is InChI=1S/C10H11O2/c1-9-5-2-3-6-10(9)12-8-4-7-11/h2-3,5-6H,4,8H2,1H3. The Bertz CT molecular complexity index is 256. The predicted octanol–water partition coefficient (Wildman–Crippen LogP) is 1.87. The number of ether oxygens (including phenoxy) is 1. The molecular weight excluding hydrogens is 152 g/mol. The lowest BCUT2D eigenvalue weighted by atomic mass is 10.2.